The van der Waals surface area contributed by atoms with E-state index in [1.165, 1.54) is 13.0 Å². The Balaban J connectivity index is 1.82. The molecule has 50 heavy (non-hydrogen) atoms. The molecule has 0 amide bonds. The number of esters is 1. The third-order valence-electron chi connectivity index (χ3n) is 8.91. The molecule has 1 unspecified atom stereocenters. The molecule has 1 aliphatic rings. The lowest BCUT2D eigenvalue weighted by atomic mass is 9.90. The van der Waals surface area contributed by atoms with Crippen LogP contribution in [0.25, 0.3) is 21.9 Å². The van der Waals surface area contributed by atoms with E-state index in [-0.39, 0.29) is 28.7 Å². The van der Waals surface area contributed by atoms with Crippen LogP contribution in [0.5, 0.6) is 0 Å². The Kier molecular flexibility index (Phi) is 10.6. The fourth-order valence-corrected chi connectivity index (χ4v) is 8.13. The van der Waals surface area contributed by atoms with Gasteiger partial charge in [0, 0.05) is 24.2 Å². The number of halogens is 3. The van der Waals surface area contributed by atoms with E-state index < -0.39 is 88.5 Å². The minimum absolute atomic E-state index is 0.0387. The van der Waals surface area contributed by atoms with Gasteiger partial charge in [-0.05, 0) is 52.9 Å². The maximum absolute atomic E-state index is 14.6. The van der Waals surface area contributed by atoms with Crippen molar-refractivity contribution in [3.05, 3.63) is 99.3 Å². The lowest BCUT2D eigenvalue weighted by molar-refractivity contribution is -0.145. The number of alkyl halides is 3. The molecule has 3 aromatic carbocycles. The highest BCUT2D eigenvalue weighted by molar-refractivity contribution is 7.89. The Morgan fingerprint density at radius 2 is 1.62 bits per heavy atom. The first kappa shape index (κ1) is 37.1. The predicted octanol–water partition coefficient (Wildman–Crippen LogP) is 1.74. The second-order valence-corrected chi connectivity index (χ2v) is 13.9. The zero-order valence-electron chi connectivity index (χ0n) is 26.8. The Hall–Kier alpha value is -4.16. The van der Waals surface area contributed by atoms with Gasteiger partial charge in [-0.15, -0.1) is 0 Å². The summed E-state index contributed by atoms with van der Waals surface area (Å²) in [5.74, 6) is -1.09. The van der Waals surface area contributed by atoms with Crippen LogP contribution in [0.15, 0.2) is 76.6 Å². The molecular formula is C34H35F3N2O10S. The number of hydrogen-bond donors (Lipinski definition) is 5. The number of ether oxygens (including phenoxy) is 1. The molecule has 0 bridgehead atoms. The molecule has 5 rings (SSSR count). The van der Waals surface area contributed by atoms with Crippen molar-refractivity contribution in [3.63, 3.8) is 0 Å². The molecule has 12 nitrogen and oxygen atoms in total. The predicted molar refractivity (Wildman–Crippen MR) is 174 cm³/mol. The van der Waals surface area contributed by atoms with Crippen LogP contribution in [0.4, 0.5) is 13.2 Å². The van der Waals surface area contributed by atoms with Gasteiger partial charge in [0.15, 0.2) is 5.03 Å². The first-order valence-electron chi connectivity index (χ1n) is 15.4. The van der Waals surface area contributed by atoms with E-state index in [0.717, 1.165) is 36.1 Å². The second-order valence-electron chi connectivity index (χ2n) is 12.0. The summed E-state index contributed by atoms with van der Waals surface area (Å²) < 4.78 is 77.4. The largest absolute Gasteiger partial charge is 0.467 e. The van der Waals surface area contributed by atoms with Crippen molar-refractivity contribution in [1.29, 1.82) is 0 Å². The van der Waals surface area contributed by atoms with E-state index in [1.54, 1.807) is 30.3 Å². The van der Waals surface area contributed by atoms with Gasteiger partial charge in [0.05, 0.1) is 25.4 Å². The van der Waals surface area contributed by atoms with E-state index in [4.69, 9.17) is 9.84 Å². The lowest BCUT2D eigenvalue weighted by Crippen LogP contribution is -2.55. The number of carbonyl (C=O) groups excluding carboxylic acids is 1. The second kappa shape index (κ2) is 14.2. The maximum atomic E-state index is 14.6. The number of nitrogens with zero attached hydrogens (tertiary/aromatic N) is 2. The molecule has 0 fully saturated rings. The molecule has 5 atom stereocenters. The van der Waals surface area contributed by atoms with Crippen molar-refractivity contribution in [3.8, 4) is 11.1 Å². The molecule has 0 saturated carbocycles. The number of pyridine rings is 1. The van der Waals surface area contributed by atoms with Crippen LogP contribution >= 0.6 is 0 Å². The molecule has 0 aliphatic carbocycles. The molecular weight excluding hydrogens is 685 g/mol. The Labute approximate surface area is 284 Å². The van der Waals surface area contributed by atoms with Crippen molar-refractivity contribution in [2.24, 2.45) is 0 Å². The van der Waals surface area contributed by atoms with E-state index in [2.05, 4.69) is 0 Å². The number of sulfonamides is 1. The zero-order chi connectivity index (χ0) is 36.7. The average Bonchev–Trinajstić information content (AvgIpc) is 3.09. The van der Waals surface area contributed by atoms with Crippen LogP contribution in [0, 0.1) is 6.92 Å². The van der Waals surface area contributed by atoms with Gasteiger partial charge >= 0.3 is 12.1 Å². The minimum Gasteiger partial charge on any atom is -0.467 e. The quantitative estimate of drug-likeness (QED) is 0.151. The molecule has 16 heteroatoms. The molecule has 5 N–H and O–H groups in total. The number of fused-ring (bicyclic) bond motifs is 2. The Morgan fingerprint density at radius 3 is 2.28 bits per heavy atom. The highest BCUT2D eigenvalue weighted by Crippen LogP contribution is 2.41. The Morgan fingerprint density at radius 1 is 0.980 bits per heavy atom. The number of hydrogen-bond acceptors (Lipinski definition) is 10. The van der Waals surface area contributed by atoms with Crippen LogP contribution in [0.1, 0.15) is 28.3 Å². The van der Waals surface area contributed by atoms with Crippen molar-refractivity contribution < 1.29 is 56.7 Å². The molecule has 0 spiro atoms. The van der Waals surface area contributed by atoms with E-state index in [0.29, 0.717) is 14.4 Å². The standard InChI is InChI=1S/C34H35F3N2O10S/c1-18-24(14-20-9-5-8-19-7-3-4-12-23(19)20)28(21-10-6-11-22(13-21)34(35,36)37)32-39(31(18)45)25(33(46)49-2)15-38(50(32,47)48)16-26(41)29(43)30(44)27(42)17-40/h3-13,25-27,29-30,40-44H,14-17H2,1-2H3/t25?,26-,27+,29+,30+/m0/s1. The summed E-state index contributed by atoms with van der Waals surface area (Å²) in [5.41, 5.74) is -1.93. The molecule has 0 saturated heterocycles. The third-order valence-corrected chi connectivity index (χ3v) is 10.8. The summed E-state index contributed by atoms with van der Waals surface area (Å²) in [4.78, 5) is 27.4. The lowest BCUT2D eigenvalue weighted by Gasteiger charge is -2.38. The highest BCUT2D eigenvalue weighted by atomic mass is 32.2. The zero-order valence-corrected chi connectivity index (χ0v) is 27.6. The third kappa shape index (κ3) is 6.79. The first-order chi connectivity index (χ1) is 23.5. The fraction of sp³-hybridized carbons (Fsp3) is 0.353. The molecule has 4 aromatic rings. The van der Waals surface area contributed by atoms with Crippen molar-refractivity contribution in [2.75, 3.05) is 26.8 Å². The summed E-state index contributed by atoms with van der Waals surface area (Å²) >= 11 is 0. The van der Waals surface area contributed by atoms with Crippen molar-refractivity contribution in [2.45, 2.75) is 55.0 Å². The van der Waals surface area contributed by atoms with Crippen molar-refractivity contribution >= 4 is 26.8 Å². The van der Waals surface area contributed by atoms with Gasteiger partial charge in [0.1, 0.15) is 24.4 Å². The smallest absolute Gasteiger partial charge is 0.416 e. The number of aliphatic hydroxyl groups excluding tert-OH is 5. The van der Waals surface area contributed by atoms with E-state index in [1.807, 2.05) is 12.1 Å². The number of carbonyl (C=O) groups is 1. The fourth-order valence-electron chi connectivity index (χ4n) is 6.25. The van der Waals surface area contributed by atoms with Gasteiger partial charge in [0.25, 0.3) is 15.6 Å². The number of β-amino-alcohol motifs (C(OH)–C–C–N with tert-alkyl or cyclic N) is 1. The minimum atomic E-state index is -5.02. The topological polar surface area (TPSA) is 187 Å². The normalized spacial score (nSPS) is 18.6. The van der Waals surface area contributed by atoms with Crippen LogP contribution in [-0.4, -0.2) is 100 Å². The van der Waals surface area contributed by atoms with Gasteiger partial charge < -0.3 is 30.3 Å². The molecule has 268 valence electrons. The van der Waals surface area contributed by atoms with Crippen LogP contribution in [-0.2, 0) is 32.2 Å². The maximum Gasteiger partial charge on any atom is 0.416 e. The summed E-state index contributed by atoms with van der Waals surface area (Å²) in [6, 6.07) is 14.7. The molecule has 1 aliphatic heterocycles. The molecule has 1 aromatic heterocycles. The van der Waals surface area contributed by atoms with Gasteiger partial charge in [-0.25, -0.2) is 13.2 Å². The monoisotopic (exact) mass is 720 g/mol. The van der Waals surface area contributed by atoms with Gasteiger partial charge in [0.2, 0.25) is 0 Å². The van der Waals surface area contributed by atoms with Crippen molar-refractivity contribution in [1.82, 2.24) is 8.87 Å². The average molecular weight is 721 g/mol. The molecule has 0 radical (unpaired) electrons. The number of aromatic nitrogens is 1. The number of benzene rings is 3. The van der Waals surface area contributed by atoms with Crippen LogP contribution in [0.2, 0.25) is 0 Å². The Bertz CT molecular complexity index is 2080. The number of rotatable bonds is 10. The van der Waals surface area contributed by atoms with E-state index >= 15 is 0 Å². The van der Waals surface area contributed by atoms with Crippen LogP contribution in [0.3, 0.4) is 0 Å². The summed E-state index contributed by atoms with van der Waals surface area (Å²) in [6.07, 6.45) is -13.3. The number of methoxy groups -OCH3 is 1. The van der Waals surface area contributed by atoms with Gasteiger partial charge in [-0.3, -0.25) is 9.36 Å². The summed E-state index contributed by atoms with van der Waals surface area (Å²) in [5, 5.41) is 51.0. The SMILES string of the molecule is COC(=O)C1CN(C[C@H](O)[C@@H](O)[C@H](O)[C@H](O)CO)S(=O)(=O)c2c(-c3cccc(C(F)(F)F)c3)c(Cc3cccc4ccccc34)c(C)c(=O)n21. The van der Waals surface area contributed by atoms with E-state index in [9.17, 15) is 51.6 Å². The van der Waals surface area contributed by atoms with Gasteiger partial charge in [-0.2, -0.15) is 17.5 Å². The molecule has 2 heterocycles. The summed E-state index contributed by atoms with van der Waals surface area (Å²) in [7, 11) is -4.03. The highest BCUT2D eigenvalue weighted by Gasteiger charge is 2.46. The number of aliphatic hydroxyl groups is 5. The first-order valence-corrected chi connectivity index (χ1v) is 16.8. The summed E-state index contributed by atoms with van der Waals surface area (Å²) in [6.45, 7) is -1.44. The van der Waals surface area contributed by atoms with Crippen LogP contribution < -0.4 is 5.56 Å². The van der Waals surface area contributed by atoms with Gasteiger partial charge in [-0.1, -0.05) is 54.6 Å².